The van der Waals surface area contributed by atoms with E-state index in [1.807, 2.05) is 0 Å². The molecule has 20 heavy (non-hydrogen) atoms. The molecule has 1 aliphatic rings. The molecule has 0 aromatic rings. The minimum absolute atomic E-state index is 0. The molecule has 0 amide bonds. The predicted molar refractivity (Wildman–Crippen MR) is 96.9 cm³/mol. The Bertz CT molecular complexity index is 274. The third-order valence-electron chi connectivity index (χ3n) is 4.12. The van der Waals surface area contributed by atoms with E-state index in [-0.39, 0.29) is 24.0 Å². The Morgan fingerprint density at radius 2 is 1.75 bits per heavy atom. The van der Waals surface area contributed by atoms with Crippen molar-refractivity contribution >= 4 is 29.9 Å². The second kappa shape index (κ2) is 10.7. The monoisotopic (exact) mass is 397 g/mol. The van der Waals surface area contributed by atoms with E-state index in [4.69, 9.17) is 0 Å². The Balaban J connectivity index is 0.00000361. The molecule has 1 fully saturated rings. The summed E-state index contributed by atoms with van der Waals surface area (Å²) in [7, 11) is 0. The van der Waals surface area contributed by atoms with Crippen LogP contribution in [0.3, 0.4) is 0 Å². The van der Waals surface area contributed by atoms with Crippen molar-refractivity contribution in [3.8, 4) is 0 Å². The maximum Gasteiger partial charge on any atom is 0.191 e. The Kier molecular flexibility index (Phi) is 10.6. The second-order valence-corrected chi connectivity index (χ2v) is 5.69. The summed E-state index contributed by atoms with van der Waals surface area (Å²) < 4.78 is 0. The summed E-state index contributed by atoms with van der Waals surface area (Å²) in [4.78, 5) is 4.55. The van der Waals surface area contributed by atoms with Gasteiger partial charge in [0.05, 0.1) is 12.1 Å². The Labute approximate surface area is 141 Å². The lowest BCUT2D eigenvalue weighted by Crippen LogP contribution is -2.41. The molecule has 1 rings (SSSR count). The lowest BCUT2D eigenvalue weighted by Gasteiger charge is -2.21. The fraction of sp³-hybridized carbons (Fsp3) is 0.933. The van der Waals surface area contributed by atoms with Crippen LogP contribution in [0, 0.1) is 5.92 Å². The van der Waals surface area contributed by atoms with Crippen molar-refractivity contribution in [1.29, 1.82) is 0 Å². The number of nitrogens with one attached hydrogen (secondary N) is 2. The van der Waals surface area contributed by atoms with Crippen LogP contribution >= 0.6 is 24.0 Å². The first-order chi connectivity index (χ1) is 9.13. The van der Waals surface area contributed by atoms with Crippen LogP contribution in [0.2, 0.25) is 0 Å². The van der Waals surface area contributed by atoms with Gasteiger partial charge in [-0.3, -0.25) is 4.99 Å². The van der Waals surface area contributed by atoms with Crippen LogP contribution in [0.1, 0.15) is 59.3 Å². The molecule has 0 spiro atoms. The van der Waals surface area contributed by atoms with Crippen LogP contribution in [0.25, 0.3) is 0 Å². The van der Waals surface area contributed by atoms with Crippen LogP contribution in [-0.2, 0) is 0 Å². The molecule has 1 aliphatic carbocycles. The molecule has 0 radical (unpaired) electrons. The highest BCUT2D eigenvalue weighted by molar-refractivity contribution is 14.0. The van der Waals surface area contributed by atoms with E-state index in [1.54, 1.807) is 0 Å². The van der Waals surface area contributed by atoms with E-state index in [0.717, 1.165) is 44.7 Å². The van der Waals surface area contributed by atoms with Gasteiger partial charge in [-0.25, -0.2) is 0 Å². The van der Waals surface area contributed by atoms with Gasteiger partial charge in [0.2, 0.25) is 0 Å². The van der Waals surface area contributed by atoms with E-state index in [1.165, 1.54) is 12.8 Å². The van der Waals surface area contributed by atoms with E-state index in [9.17, 15) is 5.11 Å². The van der Waals surface area contributed by atoms with Gasteiger partial charge in [0.1, 0.15) is 0 Å². The SMILES string of the molecule is CCNC(=NCC1(O)CCCC1)NCC(CC)CC.I. The van der Waals surface area contributed by atoms with Crippen LogP contribution < -0.4 is 10.6 Å². The Hall–Kier alpha value is -0.0400. The third kappa shape index (κ3) is 7.11. The average molecular weight is 397 g/mol. The quantitative estimate of drug-likeness (QED) is 0.352. The number of hydrogen-bond donors (Lipinski definition) is 3. The zero-order chi connectivity index (χ0) is 14.1. The zero-order valence-electron chi connectivity index (χ0n) is 13.2. The maximum absolute atomic E-state index is 10.3. The number of guanidine groups is 1. The van der Waals surface area contributed by atoms with Gasteiger partial charge < -0.3 is 15.7 Å². The highest BCUT2D eigenvalue weighted by Gasteiger charge is 2.30. The van der Waals surface area contributed by atoms with E-state index >= 15 is 0 Å². The summed E-state index contributed by atoms with van der Waals surface area (Å²) in [5.74, 6) is 1.54. The molecule has 4 nitrogen and oxygen atoms in total. The molecular weight excluding hydrogens is 365 g/mol. The first-order valence-electron chi connectivity index (χ1n) is 7.88. The molecule has 0 heterocycles. The third-order valence-corrected chi connectivity index (χ3v) is 4.12. The minimum atomic E-state index is -0.558. The lowest BCUT2D eigenvalue weighted by atomic mass is 10.0. The molecular formula is C15H32IN3O. The number of rotatable bonds is 7. The topological polar surface area (TPSA) is 56.7 Å². The summed E-state index contributed by atoms with van der Waals surface area (Å²) in [6.07, 6.45) is 6.41. The molecule has 0 aliphatic heterocycles. The molecule has 0 saturated heterocycles. The number of halogens is 1. The fourth-order valence-corrected chi connectivity index (χ4v) is 2.58. The first kappa shape index (κ1) is 20.0. The van der Waals surface area contributed by atoms with Crippen LogP contribution in [0.4, 0.5) is 0 Å². The largest absolute Gasteiger partial charge is 0.388 e. The summed E-state index contributed by atoms with van der Waals surface area (Å²) in [6.45, 7) is 8.84. The smallest absolute Gasteiger partial charge is 0.191 e. The highest BCUT2D eigenvalue weighted by Crippen LogP contribution is 2.29. The van der Waals surface area contributed by atoms with Gasteiger partial charge in [0, 0.05) is 13.1 Å². The zero-order valence-corrected chi connectivity index (χ0v) is 15.6. The predicted octanol–water partition coefficient (Wildman–Crippen LogP) is 2.90. The molecule has 0 aromatic heterocycles. The van der Waals surface area contributed by atoms with Gasteiger partial charge in [-0.05, 0) is 25.7 Å². The van der Waals surface area contributed by atoms with Crippen molar-refractivity contribution in [3.05, 3.63) is 0 Å². The van der Waals surface area contributed by atoms with Crippen molar-refractivity contribution in [2.45, 2.75) is 64.9 Å². The van der Waals surface area contributed by atoms with Crippen molar-refractivity contribution in [3.63, 3.8) is 0 Å². The van der Waals surface area contributed by atoms with E-state index in [0.29, 0.717) is 12.5 Å². The molecule has 3 N–H and O–H groups in total. The minimum Gasteiger partial charge on any atom is -0.388 e. The number of aliphatic imine (C=N–C) groups is 1. The van der Waals surface area contributed by atoms with E-state index in [2.05, 4.69) is 36.4 Å². The number of nitrogens with zero attached hydrogens (tertiary/aromatic N) is 1. The van der Waals surface area contributed by atoms with Crippen LogP contribution in [0.5, 0.6) is 0 Å². The standard InChI is InChI=1S/C15H31N3O.HI/c1-4-13(5-2)11-17-14(16-6-3)18-12-15(19)9-7-8-10-15;/h13,19H,4-12H2,1-3H3,(H2,16,17,18);1H. The number of hydrogen-bond acceptors (Lipinski definition) is 2. The molecule has 120 valence electrons. The van der Waals surface area contributed by atoms with Gasteiger partial charge in [-0.15, -0.1) is 24.0 Å². The van der Waals surface area contributed by atoms with Gasteiger partial charge in [-0.2, -0.15) is 0 Å². The van der Waals surface area contributed by atoms with Crippen molar-refractivity contribution in [1.82, 2.24) is 10.6 Å². The molecule has 1 saturated carbocycles. The van der Waals surface area contributed by atoms with Crippen molar-refractivity contribution in [2.75, 3.05) is 19.6 Å². The van der Waals surface area contributed by atoms with Crippen molar-refractivity contribution < 1.29 is 5.11 Å². The first-order valence-corrected chi connectivity index (χ1v) is 7.88. The molecule has 0 unspecified atom stereocenters. The molecule has 0 aromatic carbocycles. The summed E-state index contributed by atoms with van der Waals surface area (Å²) in [5, 5.41) is 17.0. The Morgan fingerprint density at radius 3 is 2.25 bits per heavy atom. The summed E-state index contributed by atoms with van der Waals surface area (Å²) in [5.41, 5.74) is -0.558. The van der Waals surface area contributed by atoms with Gasteiger partial charge in [0.25, 0.3) is 0 Å². The normalized spacial score (nSPS) is 17.9. The van der Waals surface area contributed by atoms with Gasteiger partial charge >= 0.3 is 0 Å². The average Bonchev–Trinajstić information content (AvgIpc) is 2.84. The van der Waals surface area contributed by atoms with Crippen molar-refractivity contribution in [2.24, 2.45) is 10.9 Å². The highest BCUT2D eigenvalue weighted by atomic mass is 127. The van der Waals surface area contributed by atoms with Gasteiger partial charge in [0.15, 0.2) is 5.96 Å². The van der Waals surface area contributed by atoms with Crippen LogP contribution in [-0.4, -0.2) is 36.3 Å². The summed E-state index contributed by atoms with van der Waals surface area (Å²) in [6, 6.07) is 0. The molecule has 5 heteroatoms. The molecule has 0 bridgehead atoms. The molecule has 0 atom stereocenters. The maximum atomic E-state index is 10.3. The summed E-state index contributed by atoms with van der Waals surface area (Å²) >= 11 is 0. The van der Waals surface area contributed by atoms with E-state index < -0.39 is 5.60 Å². The fourth-order valence-electron chi connectivity index (χ4n) is 2.58. The lowest BCUT2D eigenvalue weighted by molar-refractivity contribution is 0.0574. The van der Waals surface area contributed by atoms with Gasteiger partial charge in [-0.1, -0.05) is 39.5 Å². The van der Waals surface area contributed by atoms with Crippen LogP contribution in [0.15, 0.2) is 4.99 Å². The number of aliphatic hydroxyl groups is 1. The second-order valence-electron chi connectivity index (χ2n) is 5.69. The Morgan fingerprint density at radius 1 is 1.15 bits per heavy atom.